The van der Waals surface area contributed by atoms with E-state index in [-0.39, 0.29) is 12.0 Å². The molecule has 6 heteroatoms. The van der Waals surface area contributed by atoms with Crippen LogP contribution in [0.4, 0.5) is 0 Å². The number of carbonyl (C=O) groups excluding carboxylic acids is 1. The van der Waals surface area contributed by atoms with Gasteiger partial charge in [-0.25, -0.2) is 4.98 Å². The Morgan fingerprint density at radius 2 is 2.14 bits per heavy atom. The first-order valence-corrected chi connectivity index (χ1v) is 7.97. The Hall–Kier alpha value is -1.43. The number of nitrogens with zero attached hydrogens (tertiary/aromatic N) is 1. The van der Waals surface area contributed by atoms with Crippen molar-refractivity contribution in [2.45, 2.75) is 18.9 Å². The first-order valence-electron chi connectivity index (χ1n) is 6.56. The van der Waals surface area contributed by atoms with Crippen LogP contribution in [0.3, 0.4) is 0 Å². The minimum absolute atomic E-state index is 0.00230. The normalized spacial score (nSPS) is 12.1. The van der Waals surface area contributed by atoms with Crippen molar-refractivity contribution in [3.63, 3.8) is 0 Å². The van der Waals surface area contributed by atoms with Crippen LogP contribution in [0, 0.1) is 0 Å². The zero-order valence-corrected chi connectivity index (χ0v) is 13.5. The lowest BCUT2D eigenvalue weighted by Gasteiger charge is -2.10. The summed E-state index contributed by atoms with van der Waals surface area (Å²) in [6.07, 6.45) is -0.00230. The summed E-state index contributed by atoms with van der Waals surface area (Å²) in [6.45, 7) is 2.39. The van der Waals surface area contributed by atoms with E-state index in [9.17, 15) is 4.79 Å². The molecule has 2 aromatic rings. The summed E-state index contributed by atoms with van der Waals surface area (Å²) in [7, 11) is 1.62. The molecule has 1 aromatic carbocycles. The molecule has 0 aliphatic carbocycles. The van der Waals surface area contributed by atoms with E-state index < -0.39 is 0 Å². The summed E-state index contributed by atoms with van der Waals surface area (Å²) in [5, 5.41) is 5.68. The molecule has 1 N–H and O–H groups in total. The van der Waals surface area contributed by atoms with Gasteiger partial charge >= 0.3 is 0 Å². The van der Waals surface area contributed by atoms with Crippen molar-refractivity contribution in [2.75, 3.05) is 13.7 Å². The molecule has 0 aliphatic heterocycles. The third kappa shape index (κ3) is 4.27. The summed E-state index contributed by atoms with van der Waals surface area (Å²) < 4.78 is 5.09. The van der Waals surface area contributed by atoms with Crippen LogP contribution in [-0.4, -0.2) is 30.6 Å². The number of thiazole rings is 1. The molecule has 1 heterocycles. The Kier molecular flexibility index (Phi) is 5.73. The van der Waals surface area contributed by atoms with Gasteiger partial charge in [-0.3, -0.25) is 4.79 Å². The van der Waals surface area contributed by atoms with E-state index in [1.54, 1.807) is 30.6 Å². The van der Waals surface area contributed by atoms with Gasteiger partial charge in [-0.2, -0.15) is 0 Å². The minimum atomic E-state index is -0.106. The highest BCUT2D eigenvalue weighted by Gasteiger charge is 2.09. The Labute approximate surface area is 133 Å². The number of benzene rings is 1. The van der Waals surface area contributed by atoms with E-state index in [2.05, 4.69) is 10.3 Å². The molecule has 0 fully saturated rings. The first-order chi connectivity index (χ1) is 10.1. The monoisotopic (exact) mass is 324 g/mol. The molecule has 21 heavy (non-hydrogen) atoms. The maximum absolute atomic E-state index is 12.0. The second-order valence-electron chi connectivity index (χ2n) is 4.61. The molecule has 112 valence electrons. The maximum atomic E-state index is 12.0. The van der Waals surface area contributed by atoms with E-state index in [1.165, 1.54) is 0 Å². The van der Waals surface area contributed by atoms with Crippen LogP contribution in [0.1, 0.15) is 23.0 Å². The number of nitrogens with one attached hydrogen (secondary N) is 1. The maximum Gasteiger partial charge on any atom is 0.251 e. The predicted octanol–water partition coefficient (Wildman–Crippen LogP) is 3.31. The summed E-state index contributed by atoms with van der Waals surface area (Å²) in [5.41, 5.74) is 2.47. The van der Waals surface area contributed by atoms with E-state index in [0.29, 0.717) is 18.0 Å². The van der Waals surface area contributed by atoms with Gasteiger partial charge in [0.15, 0.2) is 0 Å². The van der Waals surface area contributed by atoms with Crippen molar-refractivity contribution < 1.29 is 9.53 Å². The van der Waals surface area contributed by atoms with Gasteiger partial charge in [0.25, 0.3) is 5.91 Å². The van der Waals surface area contributed by atoms with Gasteiger partial charge in [0, 0.05) is 30.2 Å². The standard InChI is InChI=1S/C15H17ClN2O2S/c1-10(20-2)8-17-14(19)11-3-5-12(6-4-11)15-18-13(7-16)9-21-15/h3-6,9-10H,7-8H2,1-2H3,(H,17,19). The van der Waals surface area contributed by atoms with Crippen LogP contribution in [0.5, 0.6) is 0 Å². The fourth-order valence-electron chi connectivity index (χ4n) is 1.69. The van der Waals surface area contributed by atoms with E-state index in [4.69, 9.17) is 16.3 Å². The molecule has 4 nitrogen and oxygen atoms in total. The Morgan fingerprint density at radius 1 is 1.43 bits per heavy atom. The quantitative estimate of drug-likeness (QED) is 0.829. The molecule has 0 saturated heterocycles. The molecule has 1 unspecified atom stereocenters. The zero-order chi connectivity index (χ0) is 15.2. The number of carbonyl (C=O) groups is 1. The van der Waals surface area contributed by atoms with Gasteiger partial charge in [0.2, 0.25) is 0 Å². The van der Waals surface area contributed by atoms with Crippen LogP contribution < -0.4 is 5.32 Å². The fraction of sp³-hybridized carbons (Fsp3) is 0.333. The van der Waals surface area contributed by atoms with Gasteiger partial charge in [-0.1, -0.05) is 12.1 Å². The number of hydrogen-bond acceptors (Lipinski definition) is 4. The number of hydrogen-bond donors (Lipinski definition) is 1. The Bertz CT molecular complexity index is 598. The molecule has 0 saturated carbocycles. The number of aromatic nitrogens is 1. The SMILES string of the molecule is COC(C)CNC(=O)c1ccc(-c2nc(CCl)cs2)cc1. The van der Waals surface area contributed by atoms with Gasteiger partial charge in [-0.05, 0) is 19.1 Å². The zero-order valence-electron chi connectivity index (χ0n) is 11.9. The smallest absolute Gasteiger partial charge is 0.251 e. The molecule has 0 radical (unpaired) electrons. The van der Waals surface area contributed by atoms with E-state index >= 15 is 0 Å². The fourth-order valence-corrected chi connectivity index (χ4v) is 2.74. The molecule has 0 bridgehead atoms. The predicted molar refractivity (Wildman–Crippen MR) is 85.9 cm³/mol. The summed E-state index contributed by atoms with van der Waals surface area (Å²) in [5.74, 6) is 0.306. The van der Waals surface area contributed by atoms with Crippen molar-refractivity contribution in [3.05, 3.63) is 40.9 Å². The van der Waals surface area contributed by atoms with Crippen LogP contribution in [-0.2, 0) is 10.6 Å². The van der Waals surface area contributed by atoms with Gasteiger partial charge in [0.05, 0.1) is 17.7 Å². The van der Waals surface area contributed by atoms with Crippen molar-refractivity contribution in [2.24, 2.45) is 0 Å². The molecular formula is C15H17ClN2O2S. The molecule has 1 atom stereocenters. The van der Waals surface area contributed by atoms with Gasteiger partial charge in [-0.15, -0.1) is 22.9 Å². The number of alkyl halides is 1. The highest BCUT2D eigenvalue weighted by molar-refractivity contribution is 7.13. The van der Waals surface area contributed by atoms with Gasteiger partial charge < -0.3 is 10.1 Å². The van der Waals surface area contributed by atoms with Gasteiger partial charge in [0.1, 0.15) is 5.01 Å². The van der Waals surface area contributed by atoms with E-state index in [1.807, 2.05) is 24.4 Å². The molecule has 0 spiro atoms. The number of halogens is 1. The average molecular weight is 325 g/mol. The minimum Gasteiger partial charge on any atom is -0.380 e. The summed E-state index contributed by atoms with van der Waals surface area (Å²) in [6, 6.07) is 7.38. The lowest BCUT2D eigenvalue weighted by molar-refractivity contribution is 0.0870. The molecule has 0 aliphatic rings. The average Bonchev–Trinajstić information content (AvgIpc) is 3.01. The lowest BCUT2D eigenvalue weighted by Crippen LogP contribution is -2.31. The highest BCUT2D eigenvalue weighted by atomic mass is 35.5. The Morgan fingerprint density at radius 3 is 2.71 bits per heavy atom. The summed E-state index contributed by atoms with van der Waals surface area (Å²) in [4.78, 5) is 16.4. The molecule has 2 rings (SSSR count). The van der Waals surface area contributed by atoms with Crippen LogP contribution in [0.25, 0.3) is 10.6 Å². The largest absolute Gasteiger partial charge is 0.380 e. The van der Waals surface area contributed by atoms with Crippen LogP contribution >= 0.6 is 22.9 Å². The number of ether oxygens (including phenoxy) is 1. The van der Waals surface area contributed by atoms with Crippen LogP contribution in [0.2, 0.25) is 0 Å². The number of methoxy groups -OCH3 is 1. The Balaban J connectivity index is 2.03. The molecule has 1 aromatic heterocycles. The van der Waals surface area contributed by atoms with Crippen molar-refractivity contribution in [3.8, 4) is 10.6 Å². The van der Waals surface area contributed by atoms with E-state index in [0.717, 1.165) is 16.3 Å². The summed E-state index contributed by atoms with van der Waals surface area (Å²) >= 11 is 7.29. The highest BCUT2D eigenvalue weighted by Crippen LogP contribution is 2.24. The second-order valence-corrected chi connectivity index (χ2v) is 5.74. The number of amides is 1. The first kappa shape index (κ1) is 15.9. The van der Waals surface area contributed by atoms with Crippen molar-refractivity contribution >= 4 is 28.8 Å². The van der Waals surface area contributed by atoms with Crippen molar-refractivity contribution in [1.82, 2.24) is 10.3 Å². The molecule has 1 amide bonds. The topological polar surface area (TPSA) is 51.2 Å². The number of rotatable bonds is 6. The lowest BCUT2D eigenvalue weighted by atomic mass is 10.1. The second kappa shape index (κ2) is 7.54. The third-order valence-electron chi connectivity index (χ3n) is 3.04. The van der Waals surface area contributed by atoms with Crippen molar-refractivity contribution in [1.29, 1.82) is 0 Å². The van der Waals surface area contributed by atoms with Crippen LogP contribution in [0.15, 0.2) is 29.6 Å². The molecular weight excluding hydrogens is 308 g/mol. The third-order valence-corrected chi connectivity index (χ3v) is 4.25.